The summed E-state index contributed by atoms with van der Waals surface area (Å²) in [5, 5.41) is 0. The van der Waals surface area contributed by atoms with Crippen molar-refractivity contribution in [2.24, 2.45) is 5.41 Å². The molecule has 1 aliphatic heterocycles. The normalized spacial score (nSPS) is 28.8. The van der Waals surface area contributed by atoms with Gasteiger partial charge in [0.15, 0.2) is 0 Å². The topological polar surface area (TPSA) is 26.3 Å². The van der Waals surface area contributed by atoms with Crippen LogP contribution in [0.2, 0.25) is 0 Å². The van der Waals surface area contributed by atoms with Gasteiger partial charge in [-0.2, -0.15) is 0 Å². The second-order valence-electron chi connectivity index (χ2n) is 3.91. The fraction of sp³-hybridized carbons (Fsp3) is 0.875. The van der Waals surface area contributed by atoms with E-state index in [1.54, 1.807) is 0 Å². The first-order valence-electron chi connectivity index (χ1n) is 3.88. The van der Waals surface area contributed by atoms with E-state index >= 15 is 0 Å². The van der Waals surface area contributed by atoms with Gasteiger partial charge in [0.25, 0.3) is 0 Å². The van der Waals surface area contributed by atoms with Crippen molar-refractivity contribution < 1.29 is 9.53 Å². The fourth-order valence-electron chi connectivity index (χ4n) is 1.40. The molecule has 12 heavy (non-hydrogen) atoms. The van der Waals surface area contributed by atoms with Crippen molar-refractivity contribution in [2.45, 2.75) is 37.6 Å². The van der Waals surface area contributed by atoms with Crippen LogP contribution in [0.15, 0.2) is 0 Å². The molecule has 0 aromatic heterocycles. The summed E-state index contributed by atoms with van der Waals surface area (Å²) >= 11 is 11.3. The summed E-state index contributed by atoms with van der Waals surface area (Å²) in [6.45, 7) is 4.02. The number of alkyl halides is 2. The number of carbonyl (C=O) groups excluding carboxylic acids is 1. The Morgan fingerprint density at radius 2 is 2.17 bits per heavy atom. The molecule has 1 aliphatic rings. The van der Waals surface area contributed by atoms with Crippen LogP contribution in [-0.2, 0) is 9.53 Å². The highest BCUT2D eigenvalue weighted by Gasteiger charge is 2.36. The Morgan fingerprint density at radius 1 is 1.58 bits per heavy atom. The lowest BCUT2D eigenvalue weighted by Gasteiger charge is -2.34. The van der Waals surface area contributed by atoms with Crippen molar-refractivity contribution in [2.75, 3.05) is 0 Å². The molecule has 0 aromatic carbocycles. The van der Waals surface area contributed by atoms with Gasteiger partial charge < -0.3 is 4.74 Å². The maximum atomic E-state index is 11.1. The molecule has 0 N–H and O–H groups in total. The first kappa shape index (κ1) is 10.1. The van der Waals surface area contributed by atoms with E-state index in [1.165, 1.54) is 0 Å². The van der Waals surface area contributed by atoms with E-state index in [-0.39, 0.29) is 17.5 Å². The third kappa shape index (κ3) is 2.53. The van der Waals surface area contributed by atoms with Crippen molar-refractivity contribution in [1.29, 1.82) is 0 Å². The summed E-state index contributed by atoms with van der Waals surface area (Å²) in [5.74, 6) is -0.206. The smallest absolute Gasteiger partial charge is 0.306 e. The van der Waals surface area contributed by atoms with Crippen LogP contribution in [0.5, 0.6) is 0 Å². The Balaban J connectivity index is 2.64. The minimum absolute atomic E-state index is 0.0397. The molecular weight excluding hydrogens is 199 g/mol. The van der Waals surface area contributed by atoms with Gasteiger partial charge in [0.1, 0.15) is 10.9 Å². The largest absolute Gasteiger partial charge is 0.459 e. The van der Waals surface area contributed by atoms with Gasteiger partial charge in [0, 0.05) is 0 Å². The Labute approximate surface area is 82.2 Å². The summed E-state index contributed by atoms with van der Waals surface area (Å²) < 4.78 is 4.98. The molecule has 0 aliphatic carbocycles. The fourth-order valence-corrected chi connectivity index (χ4v) is 1.68. The summed E-state index contributed by atoms with van der Waals surface area (Å²) in [6, 6.07) is 0. The standard InChI is InChI=1S/C8H12Cl2O2/c1-8(2)3-5(7(9)10)12-6(11)4-8/h5,7H,3-4H2,1-2H3. The number of ether oxygens (including phenoxy) is 1. The zero-order valence-electron chi connectivity index (χ0n) is 7.14. The Morgan fingerprint density at radius 3 is 2.58 bits per heavy atom. The zero-order valence-corrected chi connectivity index (χ0v) is 8.65. The molecule has 1 unspecified atom stereocenters. The van der Waals surface area contributed by atoms with Crippen LogP contribution >= 0.6 is 23.2 Å². The summed E-state index contributed by atoms with van der Waals surface area (Å²) in [6.07, 6.45) is 0.838. The Hall–Kier alpha value is 0.0500. The first-order valence-corrected chi connectivity index (χ1v) is 4.76. The highest BCUT2D eigenvalue weighted by atomic mass is 35.5. The summed E-state index contributed by atoms with van der Waals surface area (Å²) in [5.41, 5.74) is -0.0397. The quantitative estimate of drug-likeness (QED) is 0.492. The number of hydrogen-bond donors (Lipinski definition) is 0. The molecule has 0 bridgehead atoms. The SMILES string of the molecule is CC1(C)CC(=O)OC(C(Cl)Cl)C1. The third-order valence-electron chi connectivity index (χ3n) is 1.94. The number of hydrogen-bond acceptors (Lipinski definition) is 2. The molecule has 0 amide bonds. The van der Waals surface area contributed by atoms with Gasteiger partial charge in [-0.15, -0.1) is 23.2 Å². The molecule has 0 spiro atoms. The predicted octanol–water partition coefficient (Wildman–Crippen LogP) is 2.52. The predicted molar refractivity (Wildman–Crippen MR) is 48.4 cm³/mol. The van der Waals surface area contributed by atoms with Gasteiger partial charge in [-0.25, -0.2) is 0 Å². The van der Waals surface area contributed by atoms with Gasteiger partial charge in [-0.05, 0) is 11.8 Å². The molecule has 0 radical (unpaired) electrons. The van der Waals surface area contributed by atoms with Gasteiger partial charge in [-0.1, -0.05) is 13.8 Å². The molecule has 1 atom stereocenters. The van der Waals surface area contributed by atoms with Crippen LogP contribution in [0.25, 0.3) is 0 Å². The zero-order chi connectivity index (χ0) is 9.35. The lowest BCUT2D eigenvalue weighted by molar-refractivity contribution is -0.159. The second kappa shape index (κ2) is 3.43. The van der Waals surface area contributed by atoms with E-state index in [4.69, 9.17) is 27.9 Å². The summed E-state index contributed by atoms with van der Waals surface area (Å²) in [4.78, 5) is 10.4. The Bertz CT molecular complexity index is 189. The molecule has 70 valence electrons. The molecule has 0 saturated carbocycles. The molecule has 1 fully saturated rings. The lowest BCUT2D eigenvalue weighted by atomic mass is 9.82. The molecule has 1 saturated heterocycles. The number of cyclic esters (lactones) is 1. The minimum Gasteiger partial charge on any atom is -0.459 e. The van der Waals surface area contributed by atoms with Gasteiger partial charge >= 0.3 is 5.97 Å². The lowest BCUT2D eigenvalue weighted by Crippen LogP contribution is -2.37. The van der Waals surface area contributed by atoms with Crippen LogP contribution in [0.1, 0.15) is 26.7 Å². The highest BCUT2D eigenvalue weighted by Crippen LogP contribution is 2.35. The molecular formula is C8H12Cl2O2. The van der Waals surface area contributed by atoms with E-state index in [0.29, 0.717) is 6.42 Å². The van der Waals surface area contributed by atoms with E-state index in [1.807, 2.05) is 13.8 Å². The van der Waals surface area contributed by atoms with Crippen LogP contribution in [0.4, 0.5) is 0 Å². The number of rotatable bonds is 1. The number of halogens is 2. The number of carbonyl (C=O) groups is 1. The van der Waals surface area contributed by atoms with Crippen molar-refractivity contribution in [3.8, 4) is 0 Å². The first-order chi connectivity index (χ1) is 5.41. The molecule has 2 nitrogen and oxygen atoms in total. The van der Waals surface area contributed by atoms with E-state index in [2.05, 4.69) is 0 Å². The van der Waals surface area contributed by atoms with Crippen LogP contribution in [-0.4, -0.2) is 16.9 Å². The van der Waals surface area contributed by atoms with Crippen molar-refractivity contribution in [3.05, 3.63) is 0 Å². The second-order valence-corrected chi connectivity index (χ2v) is 5.07. The average Bonchev–Trinajstić information content (AvgIpc) is 1.82. The number of esters is 1. The maximum Gasteiger partial charge on any atom is 0.306 e. The van der Waals surface area contributed by atoms with Crippen LogP contribution in [0.3, 0.4) is 0 Å². The summed E-state index contributed by atoms with van der Waals surface area (Å²) in [7, 11) is 0. The van der Waals surface area contributed by atoms with Crippen molar-refractivity contribution in [1.82, 2.24) is 0 Å². The Kier molecular flexibility index (Phi) is 2.89. The molecule has 1 rings (SSSR count). The maximum absolute atomic E-state index is 11.1. The van der Waals surface area contributed by atoms with E-state index in [0.717, 1.165) is 6.42 Å². The molecule has 1 heterocycles. The van der Waals surface area contributed by atoms with Crippen LogP contribution in [0, 0.1) is 5.41 Å². The van der Waals surface area contributed by atoms with Gasteiger partial charge in [0.2, 0.25) is 0 Å². The molecule has 0 aromatic rings. The van der Waals surface area contributed by atoms with Crippen molar-refractivity contribution >= 4 is 29.2 Å². The van der Waals surface area contributed by atoms with E-state index in [9.17, 15) is 4.79 Å². The third-order valence-corrected chi connectivity index (χ3v) is 2.50. The highest BCUT2D eigenvalue weighted by molar-refractivity contribution is 6.44. The van der Waals surface area contributed by atoms with Crippen LogP contribution < -0.4 is 0 Å². The average molecular weight is 211 g/mol. The van der Waals surface area contributed by atoms with Crippen molar-refractivity contribution in [3.63, 3.8) is 0 Å². The van der Waals surface area contributed by atoms with Gasteiger partial charge in [-0.3, -0.25) is 4.79 Å². The monoisotopic (exact) mass is 210 g/mol. The molecule has 4 heteroatoms. The van der Waals surface area contributed by atoms with E-state index < -0.39 is 4.84 Å². The minimum atomic E-state index is -0.617. The van der Waals surface area contributed by atoms with Gasteiger partial charge in [0.05, 0.1) is 6.42 Å².